The molecule has 0 aliphatic heterocycles. The van der Waals surface area contributed by atoms with E-state index in [2.05, 4.69) is 20.4 Å². The zero-order valence-corrected chi connectivity index (χ0v) is 17.0. The quantitative estimate of drug-likeness (QED) is 0.636. The van der Waals surface area contributed by atoms with Crippen LogP contribution in [0.25, 0.3) is 5.78 Å². The molecule has 0 radical (unpaired) electrons. The van der Waals surface area contributed by atoms with Crippen LogP contribution in [0, 0.1) is 13.8 Å². The Hall–Kier alpha value is -3.17. The summed E-state index contributed by atoms with van der Waals surface area (Å²) in [6.07, 6.45) is -4.09. The van der Waals surface area contributed by atoms with Crippen LogP contribution in [0.15, 0.2) is 30.3 Å². The van der Waals surface area contributed by atoms with E-state index in [-0.39, 0.29) is 18.1 Å². The summed E-state index contributed by atoms with van der Waals surface area (Å²) in [5, 5.41) is 6.39. The van der Waals surface area contributed by atoms with E-state index in [1.54, 1.807) is 13.8 Å². The van der Waals surface area contributed by atoms with Gasteiger partial charge in [-0.05, 0) is 38.0 Å². The number of aromatic nitrogens is 4. The Kier molecular flexibility index (Phi) is 6.23. The first kappa shape index (κ1) is 21.5. The van der Waals surface area contributed by atoms with E-state index < -0.39 is 12.0 Å². The van der Waals surface area contributed by atoms with Gasteiger partial charge in [-0.25, -0.2) is 9.50 Å². The molecule has 0 unspecified atom stereocenters. The second-order valence-electron chi connectivity index (χ2n) is 7.01. The van der Waals surface area contributed by atoms with E-state index in [9.17, 15) is 18.0 Å². The van der Waals surface area contributed by atoms with Crippen LogP contribution in [-0.2, 0) is 17.4 Å². The maximum absolute atomic E-state index is 12.9. The Morgan fingerprint density at radius 3 is 2.53 bits per heavy atom. The van der Waals surface area contributed by atoms with Crippen LogP contribution >= 0.6 is 0 Å². The number of carbonyl (C=O) groups is 1. The summed E-state index contributed by atoms with van der Waals surface area (Å²) in [5.74, 6) is -1.46. The third-order valence-corrected chi connectivity index (χ3v) is 4.87. The highest BCUT2D eigenvalue weighted by molar-refractivity contribution is 5.76. The third kappa shape index (κ3) is 4.87. The van der Waals surface area contributed by atoms with Crippen molar-refractivity contribution < 1.29 is 18.0 Å². The minimum atomic E-state index is -4.64. The van der Waals surface area contributed by atoms with Gasteiger partial charge in [0.25, 0.3) is 11.6 Å². The van der Waals surface area contributed by atoms with Gasteiger partial charge in [-0.1, -0.05) is 18.2 Å². The fourth-order valence-corrected chi connectivity index (χ4v) is 3.19. The van der Waals surface area contributed by atoms with E-state index in [4.69, 9.17) is 0 Å². The maximum Gasteiger partial charge on any atom is 0.453 e. The SMILES string of the molecule is Cc1nc2nc(C(F)(F)F)nn2c(C)c1CCC(=O)NCCN(C)c1ccccc1. The summed E-state index contributed by atoms with van der Waals surface area (Å²) in [5.41, 5.74) is 2.79. The first-order chi connectivity index (χ1) is 14.2. The van der Waals surface area contributed by atoms with Gasteiger partial charge in [0.05, 0.1) is 0 Å². The van der Waals surface area contributed by atoms with Gasteiger partial charge in [-0.2, -0.15) is 18.2 Å². The first-order valence-electron chi connectivity index (χ1n) is 9.49. The van der Waals surface area contributed by atoms with Crippen molar-refractivity contribution in [3.63, 3.8) is 0 Å². The highest BCUT2D eigenvalue weighted by Crippen LogP contribution is 2.27. The number of nitrogens with one attached hydrogen (secondary N) is 1. The number of anilines is 1. The molecule has 0 aliphatic rings. The van der Waals surface area contributed by atoms with Crippen LogP contribution in [-0.4, -0.2) is 45.6 Å². The predicted molar refractivity (Wildman–Crippen MR) is 106 cm³/mol. The number of fused-ring (bicyclic) bond motifs is 1. The van der Waals surface area contributed by atoms with E-state index >= 15 is 0 Å². The highest BCUT2D eigenvalue weighted by Gasteiger charge is 2.36. The predicted octanol–water partition coefficient (Wildman–Crippen LogP) is 2.95. The van der Waals surface area contributed by atoms with Crippen molar-refractivity contribution in [3.05, 3.63) is 53.1 Å². The molecule has 2 heterocycles. The van der Waals surface area contributed by atoms with Crippen LogP contribution in [0.5, 0.6) is 0 Å². The molecule has 7 nitrogen and oxygen atoms in total. The minimum absolute atomic E-state index is 0.102. The Labute approximate surface area is 171 Å². The largest absolute Gasteiger partial charge is 0.453 e. The number of benzene rings is 1. The number of nitrogens with zero attached hydrogens (tertiary/aromatic N) is 5. The summed E-state index contributed by atoms with van der Waals surface area (Å²) in [6.45, 7) is 4.48. The minimum Gasteiger partial charge on any atom is -0.373 e. The lowest BCUT2D eigenvalue weighted by atomic mass is 10.1. The molecule has 0 aliphatic carbocycles. The average molecular weight is 420 g/mol. The topological polar surface area (TPSA) is 75.4 Å². The molecule has 0 atom stereocenters. The van der Waals surface area contributed by atoms with Crippen LogP contribution in [0.1, 0.15) is 29.2 Å². The summed E-state index contributed by atoms with van der Waals surface area (Å²) < 4.78 is 39.7. The standard InChI is InChI=1S/C20H23F3N6O/c1-13-16(14(2)29-19(25-13)26-18(27-29)20(21,22)23)9-10-17(30)24-11-12-28(3)15-7-5-4-6-8-15/h4-8H,9-12H2,1-3H3,(H,24,30). The Bertz CT molecular complexity index is 1030. The van der Waals surface area contributed by atoms with Gasteiger partial charge in [0, 0.05) is 43.6 Å². The van der Waals surface area contributed by atoms with Gasteiger partial charge in [0.2, 0.25) is 5.91 Å². The molecule has 160 valence electrons. The monoisotopic (exact) mass is 420 g/mol. The number of halogens is 3. The number of hydrogen-bond donors (Lipinski definition) is 1. The number of carbonyl (C=O) groups excluding carboxylic acids is 1. The van der Waals surface area contributed by atoms with Gasteiger partial charge in [0.1, 0.15) is 0 Å². The molecule has 0 fully saturated rings. The number of hydrogen-bond acceptors (Lipinski definition) is 5. The van der Waals surface area contributed by atoms with Crippen molar-refractivity contribution in [2.24, 2.45) is 0 Å². The molecule has 0 saturated carbocycles. The molecule has 1 aromatic carbocycles. The lowest BCUT2D eigenvalue weighted by molar-refractivity contribution is -0.144. The van der Waals surface area contributed by atoms with Crippen molar-refractivity contribution in [2.45, 2.75) is 32.9 Å². The first-order valence-corrected chi connectivity index (χ1v) is 9.49. The molecular weight excluding hydrogens is 397 g/mol. The molecular formula is C20H23F3N6O. The van der Waals surface area contributed by atoms with Gasteiger partial charge >= 0.3 is 6.18 Å². The summed E-state index contributed by atoms with van der Waals surface area (Å²) >= 11 is 0. The van der Waals surface area contributed by atoms with Crippen molar-refractivity contribution in [2.75, 3.05) is 25.0 Å². The Balaban J connectivity index is 1.59. The third-order valence-electron chi connectivity index (χ3n) is 4.87. The number of likely N-dealkylation sites (N-methyl/N-ethyl adjacent to an activating group) is 1. The molecule has 3 aromatic rings. The molecule has 10 heteroatoms. The number of alkyl halides is 3. The molecule has 2 aromatic heterocycles. The molecule has 1 N–H and O–H groups in total. The summed E-state index contributed by atoms with van der Waals surface area (Å²) in [7, 11) is 1.95. The molecule has 0 saturated heterocycles. The maximum atomic E-state index is 12.9. The lowest BCUT2D eigenvalue weighted by Gasteiger charge is -2.19. The van der Waals surface area contributed by atoms with Gasteiger partial charge in [0.15, 0.2) is 0 Å². The fourth-order valence-electron chi connectivity index (χ4n) is 3.19. The van der Waals surface area contributed by atoms with E-state index in [0.29, 0.717) is 36.5 Å². The van der Waals surface area contributed by atoms with Gasteiger partial charge in [-0.15, -0.1) is 5.10 Å². The van der Waals surface area contributed by atoms with E-state index in [1.807, 2.05) is 42.3 Å². The summed E-state index contributed by atoms with van der Waals surface area (Å²) in [4.78, 5) is 21.8. The zero-order chi connectivity index (χ0) is 21.9. The molecule has 1 amide bonds. The molecule has 30 heavy (non-hydrogen) atoms. The molecule has 0 bridgehead atoms. The van der Waals surface area contributed by atoms with Crippen molar-refractivity contribution in [3.8, 4) is 0 Å². The van der Waals surface area contributed by atoms with Crippen LogP contribution in [0.3, 0.4) is 0 Å². The van der Waals surface area contributed by atoms with Crippen LogP contribution in [0.2, 0.25) is 0 Å². The van der Waals surface area contributed by atoms with Crippen molar-refractivity contribution >= 4 is 17.4 Å². The normalized spacial score (nSPS) is 11.7. The molecule has 0 spiro atoms. The number of rotatable bonds is 7. The summed E-state index contributed by atoms with van der Waals surface area (Å²) in [6, 6.07) is 9.83. The van der Waals surface area contributed by atoms with E-state index in [0.717, 1.165) is 10.2 Å². The smallest absolute Gasteiger partial charge is 0.373 e. The average Bonchev–Trinajstić information content (AvgIpc) is 3.13. The second kappa shape index (κ2) is 8.68. The van der Waals surface area contributed by atoms with Crippen LogP contribution < -0.4 is 10.2 Å². The number of amides is 1. The van der Waals surface area contributed by atoms with Gasteiger partial charge in [-0.3, -0.25) is 4.79 Å². The second-order valence-corrected chi connectivity index (χ2v) is 7.01. The van der Waals surface area contributed by atoms with Gasteiger partial charge < -0.3 is 10.2 Å². The van der Waals surface area contributed by atoms with Crippen molar-refractivity contribution in [1.82, 2.24) is 24.9 Å². The number of para-hydroxylation sites is 1. The van der Waals surface area contributed by atoms with E-state index in [1.165, 1.54) is 0 Å². The molecule has 3 rings (SSSR count). The fraction of sp³-hybridized carbons (Fsp3) is 0.400. The van der Waals surface area contributed by atoms with Crippen LogP contribution in [0.4, 0.5) is 18.9 Å². The highest BCUT2D eigenvalue weighted by atomic mass is 19.4. The van der Waals surface area contributed by atoms with Crippen molar-refractivity contribution in [1.29, 1.82) is 0 Å². The lowest BCUT2D eigenvalue weighted by Crippen LogP contribution is -2.33. The Morgan fingerprint density at radius 1 is 1.17 bits per heavy atom. The zero-order valence-electron chi connectivity index (χ0n) is 17.0. The Morgan fingerprint density at radius 2 is 1.87 bits per heavy atom. The number of aryl methyl sites for hydroxylation is 2.